The molecule has 1 saturated heterocycles. The fourth-order valence-electron chi connectivity index (χ4n) is 2.42. The molecule has 2 amide bonds. The van der Waals surface area contributed by atoms with Gasteiger partial charge >= 0.3 is 0 Å². The van der Waals surface area contributed by atoms with Crippen LogP contribution in [0.3, 0.4) is 0 Å². The summed E-state index contributed by atoms with van der Waals surface area (Å²) in [5.41, 5.74) is -1.73. The van der Waals surface area contributed by atoms with Crippen molar-refractivity contribution in [2.45, 2.75) is 25.0 Å². The van der Waals surface area contributed by atoms with Crippen LogP contribution in [0.5, 0.6) is 0 Å². The van der Waals surface area contributed by atoms with Crippen molar-refractivity contribution in [3.05, 3.63) is 34.6 Å². The van der Waals surface area contributed by atoms with Gasteiger partial charge in [-0.2, -0.15) is 5.26 Å². The van der Waals surface area contributed by atoms with Crippen molar-refractivity contribution in [2.24, 2.45) is 0 Å². The molecule has 0 spiro atoms. The average molecular weight is 340 g/mol. The largest absolute Gasteiger partial charge is 0.372 e. The molecule has 0 saturated carbocycles. The molecule has 6 nitrogen and oxygen atoms in total. The van der Waals surface area contributed by atoms with Gasteiger partial charge < -0.3 is 15.3 Å². The number of amides is 2. The van der Waals surface area contributed by atoms with Crippen molar-refractivity contribution in [3.8, 4) is 6.07 Å². The van der Waals surface area contributed by atoms with Crippen LogP contribution in [-0.4, -0.2) is 40.5 Å². The molecule has 0 radical (unpaired) electrons. The third-order valence-electron chi connectivity index (χ3n) is 3.63. The predicted molar refractivity (Wildman–Crippen MR) is 79.6 cm³/mol. The lowest BCUT2D eigenvalue weighted by atomic mass is 10.0. The summed E-state index contributed by atoms with van der Waals surface area (Å²) >= 11 is 5.72. The first-order valence-electron chi connectivity index (χ1n) is 6.99. The minimum Gasteiger partial charge on any atom is -0.372 e. The highest BCUT2D eigenvalue weighted by Crippen LogP contribution is 2.23. The van der Waals surface area contributed by atoms with E-state index in [1.165, 1.54) is 17.0 Å². The minimum atomic E-state index is -2.15. The van der Waals surface area contributed by atoms with Crippen LogP contribution in [0.4, 0.5) is 4.39 Å². The molecule has 1 fully saturated rings. The van der Waals surface area contributed by atoms with Gasteiger partial charge in [0, 0.05) is 31.1 Å². The lowest BCUT2D eigenvalue weighted by molar-refractivity contribution is -0.154. The normalized spacial score (nSPS) is 20.4. The van der Waals surface area contributed by atoms with Gasteiger partial charge in [-0.05, 0) is 23.8 Å². The monoisotopic (exact) mass is 339 g/mol. The second-order valence-corrected chi connectivity index (χ2v) is 5.71. The van der Waals surface area contributed by atoms with E-state index >= 15 is 0 Å². The van der Waals surface area contributed by atoms with E-state index in [-0.39, 0.29) is 37.5 Å². The van der Waals surface area contributed by atoms with Crippen LogP contribution >= 0.6 is 11.6 Å². The van der Waals surface area contributed by atoms with E-state index < -0.39 is 23.2 Å². The Kier molecular flexibility index (Phi) is 5.19. The Morgan fingerprint density at radius 2 is 2.26 bits per heavy atom. The summed E-state index contributed by atoms with van der Waals surface area (Å²) in [6.45, 7) is 0.310. The second-order valence-electron chi connectivity index (χ2n) is 5.27. The van der Waals surface area contributed by atoms with Crippen LogP contribution in [0.1, 0.15) is 18.4 Å². The first kappa shape index (κ1) is 17.2. The van der Waals surface area contributed by atoms with Gasteiger partial charge in [-0.3, -0.25) is 9.59 Å². The van der Waals surface area contributed by atoms with Crippen LogP contribution in [0, 0.1) is 17.1 Å². The van der Waals surface area contributed by atoms with E-state index in [0.29, 0.717) is 5.56 Å². The van der Waals surface area contributed by atoms with Gasteiger partial charge in [0.15, 0.2) is 0 Å². The molecule has 0 aromatic heterocycles. The van der Waals surface area contributed by atoms with Gasteiger partial charge in [-0.25, -0.2) is 4.39 Å². The molecule has 122 valence electrons. The Bertz CT molecular complexity index is 656. The Morgan fingerprint density at radius 3 is 2.91 bits per heavy atom. The highest BCUT2D eigenvalue weighted by atomic mass is 35.5. The van der Waals surface area contributed by atoms with E-state index in [0.717, 1.165) is 6.07 Å². The van der Waals surface area contributed by atoms with Crippen molar-refractivity contribution >= 4 is 23.4 Å². The van der Waals surface area contributed by atoms with E-state index in [1.807, 2.05) is 6.07 Å². The first-order chi connectivity index (χ1) is 10.9. The van der Waals surface area contributed by atoms with Gasteiger partial charge in [0.2, 0.25) is 5.60 Å². The number of likely N-dealkylation sites (tertiary alicyclic amines) is 1. The van der Waals surface area contributed by atoms with Gasteiger partial charge in [0.25, 0.3) is 11.8 Å². The van der Waals surface area contributed by atoms with E-state index in [1.54, 1.807) is 0 Å². The highest BCUT2D eigenvalue weighted by molar-refractivity contribution is 6.30. The van der Waals surface area contributed by atoms with E-state index in [9.17, 15) is 19.1 Å². The standard InChI is InChI=1S/C15H15ClFN3O3/c16-11-6-10(7-12(17)8-11)9-19-13(21)15(23)2-5-20(14(15)22)4-1-3-18/h6-8,23H,1-2,4-5,9H2,(H,19,21). The number of halogens is 2. The van der Waals surface area contributed by atoms with Crippen LogP contribution in [0.25, 0.3) is 0 Å². The summed E-state index contributed by atoms with van der Waals surface area (Å²) in [7, 11) is 0. The van der Waals surface area contributed by atoms with Crippen LogP contribution in [0.15, 0.2) is 18.2 Å². The van der Waals surface area contributed by atoms with Crippen molar-refractivity contribution < 1.29 is 19.1 Å². The number of carbonyl (C=O) groups is 2. The molecule has 2 N–H and O–H groups in total. The third kappa shape index (κ3) is 3.78. The maximum absolute atomic E-state index is 13.2. The predicted octanol–water partition coefficient (Wildman–Crippen LogP) is 0.972. The van der Waals surface area contributed by atoms with Crippen molar-refractivity contribution in [3.63, 3.8) is 0 Å². The number of nitrogens with zero attached hydrogens (tertiary/aromatic N) is 2. The quantitative estimate of drug-likeness (QED) is 0.782. The van der Waals surface area contributed by atoms with Crippen molar-refractivity contribution in [1.82, 2.24) is 10.2 Å². The number of rotatable bonds is 5. The average Bonchev–Trinajstić information content (AvgIpc) is 2.79. The van der Waals surface area contributed by atoms with Gasteiger partial charge in [0.1, 0.15) is 5.82 Å². The topological polar surface area (TPSA) is 93.4 Å². The van der Waals surface area contributed by atoms with E-state index in [2.05, 4.69) is 5.32 Å². The SMILES string of the molecule is N#CCCN1CCC(O)(C(=O)NCc2cc(F)cc(Cl)c2)C1=O. The molecular weight excluding hydrogens is 325 g/mol. The van der Waals surface area contributed by atoms with Crippen molar-refractivity contribution in [2.75, 3.05) is 13.1 Å². The third-order valence-corrected chi connectivity index (χ3v) is 3.85. The molecule has 23 heavy (non-hydrogen) atoms. The maximum atomic E-state index is 13.2. The summed E-state index contributed by atoms with van der Waals surface area (Å²) < 4.78 is 13.2. The number of hydrogen-bond donors (Lipinski definition) is 2. The van der Waals surface area contributed by atoms with Crippen molar-refractivity contribution in [1.29, 1.82) is 5.26 Å². The minimum absolute atomic E-state index is 0.0486. The van der Waals surface area contributed by atoms with Crippen LogP contribution in [-0.2, 0) is 16.1 Å². The fourth-order valence-corrected chi connectivity index (χ4v) is 2.66. The Labute approximate surface area is 137 Å². The lowest BCUT2D eigenvalue weighted by Gasteiger charge is -2.21. The summed E-state index contributed by atoms with van der Waals surface area (Å²) in [6.07, 6.45) is 0.0816. The summed E-state index contributed by atoms with van der Waals surface area (Å²) in [5, 5.41) is 21.4. The molecule has 0 bridgehead atoms. The maximum Gasteiger partial charge on any atom is 0.264 e. The van der Waals surface area contributed by atoms with Crippen LogP contribution < -0.4 is 5.32 Å². The van der Waals surface area contributed by atoms with Gasteiger partial charge in [-0.15, -0.1) is 0 Å². The summed E-state index contributed by atoms with van der Waals surface area (Å²) in [5.74, 6) is -2.11. The van der Waals surface area contributed by atoms with Gasteiger partial charge in [0.05, 0.1) is 12.5 Å². The molecule has 1 atom stereocenters. The lowest BCUT2D eigenvalue weighted by Crippen LogP contribution is -2.52. The number of hydrogen-bond acceptors (Lipinski definition) is 4. The fraction of sp³-hybridized carbons (Fsp3) is 0.400. The zero-order valence-corrected chi connectivity index (χ0v) is 12.9. The molecule has 2 rings (SSSR count). The first-order valence-corrected chi connectivity index (χ1v) is 7.36. The molecule has 1 heterocycles. The number of aliphatic hydroxyl groups is 1. The number of benzene rings is 1. The number of nitriles is 1. The molecule has 1 aromatic carbocycles. The summed E-state index contributed by atoms with van der Waals surface area (Å²) in [6, 6.07) is 5.71. The molecule has 1 aromatic rings. The number of nitrogens with one attached hydrogen (secondary N) is 1. The molecule has 8 heteroatoms. The Hall–Kier alpha value is -2.17. The highest BCUT2D eigenvalue weighted by Gasteiger charge is 2.50. The Morgan fingerprint density at radius 1 is 1.52 bits per heavy atom. The molecule has 1 aliphatic heterocycles. The molecule has 0 aliphatic carbocycles. The zero-order valence-electron chi connectivity index (χ0n) is 12.2. The van der Waals surface area contributed by atoms with Gasteiger partial charge in [-0.1, -0.05) is 11.6 Å². The number of carbonyl (C=O) groups excluding carboxylic acids is 2. The molecular formula is C15H15ClFN3O3. The Balaban J connectivity index is 2.00. The smallest absolute Gasteiger partial charge is 0.264 e. The second kappa shape index (κ2) is 6.94. The zero-order chi connectivity index (χ0) is 17.0. The summed E-state index contributed by atoms with van der Waals surface area (Å²) in [4.78, 5) is 25.5. The van der Waals surface area contributed by atoms with E-state index in [4.69, 9.17) is 16.9 Å². The molecule has 1 unspecified atom stereocenters. The molecule has 1 aliphatic rings. The van der Waals surface area contributed by atoms with Crippen LogP contribution in [0.2, 0.25) is 5.02 Å².